The second-order valence-electron chi connectivity index (χ2n) is 6.95. The number of hydrazine groups is 1. The largest absolute Gasteiger partial charge is 0.471 e. The predicted octanol–water partition coefficient (Wildman–Crippen LogP) is 5.15. The highest BCUT2D eigenvalue weighted by Gasteiger charge is 2.51. The first kappa shape index (κ1) is 15.4. The third kappa shape index (κ3) is 2.41. The van der Waals surface area contributed by atoms with Gasteiger partial charge in [0.05, 0.1) is 11.7 Å². The molecule has 0 amide bonds. The van der Waals surface area contributed by atoms with Gasteiger partial charge in [-0.15, -0.1) is 0 Å². The van der Waals surface area contributed by atoms with E-state index in [0.29, 0.717) is 0 Å². The number of fused-ring (bicyclic) bond motifs is 4. The molecule has 1 spiro atoms. The highest BCUT2D eigenvalue weighted by molar-refractivity contribution is 9.10. The summed E-state index contributed by atoms with van der Waals surface area (Å²) in [5.41, 5.74) is 6.39. The molecule has 0 saturated heterocycles. The molecule has 1 saturated carbocycles. The number of halogens is 2. The number of ether oxygens (including phenoxy) is 1. The summed E-state index contributed by atoms with van der Waals surface area (Å²) < 4.78 is 20.8. The van der Waals surface area contributed by atoms with E-state index >= 15 is 0 Å². The molecular weight excluding hydrogens is 383 g/mol. The van der Waals surface area contributed by atoms with Gasteiger partial charge in [-0.1, -0.05) is 15.9 Å². The quantitative estimate of drug-likeness (QED) is 0.715. The number of nitrogens with one attached hydrogen (secondary N) is 1. The lowest BCUT2D eigenvalue weighted by atomic mass is 9.98. The Morgan fingerprint density at radius 2 is 1.88 bits per heavy atom. The van der Waals surface area contributed by atoms with E-state index in [2.05, 4.69) is 44.6 Å². The Morgan fingerprint density at radius 3 is 2.64 bits per heavy atom. The van der Waals surface area contributed by atoms with Crippen molar-refractivity contribution in [3.63, 3.8) is 0 Å². The minimum absolute atomic E-state index is 0.111. The zero-order chi connectivity index (χ0) is 17.0. The minimum atomic E-state index is -0.302. The number of benzene rings is 2. The molecule has 25 heavy (non-hydrogen) atoms. The molecule has 3 aliphatic rings. The van der Waals surface area contributed by atoms with Crippen molar-refractivity contribution in [1.29, 1.82) is 0 Å². The minimum Gasteiger partial charge on any atom is -0.471 e. The zero-order valence-electron chi connectivity index (χ0n) is 13.6. The molecule has 0 bridgehead atoms. The summed E-state index contributed by atoms with van der Waals surface area (Å²) in [6.07, 6.45) is 6.58. The smallest absolute Gasteiger partial charge is 0.180 e. The molecule has 0 radical (unpaired) electrons. The lowest BCUT2D eigenvalue weighted by Gasteiger charge is -2.46. The van der Waals surface area contributed by atoms with Crippen molar-refractivity contribution in [2.24, 2.45) is 0 Å². The number of rotatable bonds is 1. The van der Waals surface area contributed by atoms with Crippen LogP contribution in [-0.2, 0) is 0 Å². The average molecular weight is 401 g/mol. The second kappa shape index (κ2) is 5.58. The van der Waals surface area contributed by atoms with Crippen LogP contribution in [-0.4, -0.2) is 10.7 Å². The van der Waals surface area contributed by atoms with Gasteiger partial charge in [0.2, 0.25) is 0 Å². The van der Waals surface area contributed by atoms with Crippen LogP contribution in [0, 0.1) is 5.82 Å². The van der Waals surface area contributed by atoms with E-state index in [9.17, 15) is 4.39 Å². The fourth-order valence-electron chi connectivity index (χ4n) is 4.21. The van der Waals surface area contributed by atoms with E-state index < -0.39 is 0 Å². The van der Waals surface area contributed by atoms with Crippen molar-refractivity contribution in [2.45, 2.75) is 37.5 Å². The molecule has 1 atom stereocenters. The van der Waals surface area contributed by atoms with Gasteiger partial charge in [-0.3, -0.25) is 0 Å². The average Bonchev–Trinajstić information content (AvgIpc) is 3.25. The van der Waals surface area contributed by atoms with Gasteiger partial charge >= 0.3 is 0 Å². The molecule has 5 rings (SSSR count). The lowest BCUT2D eigenvalue weighted by Crippen LogP contribution is -2.58. The molecule has 2 heterocycles. The molecule has 1 fully saturated rings. The van der Waals surface area contributed by atoms with Gasteiger partial charge in [0.25, 0.3) is 0 Å². The van der Waals surface area contributed by atoms with Gasteiger partial charge in [0.15, 0.2) is 5.72 Å². The molecule has 2 aromatic carbocycles. The maximum atomic E-state index is 13.3. The van der Waals surface area contributed by atoms with E-state index in [1.54, 1.807) is 0 Å². The Balaban J connectivity index is 1.61. The van der Waals surface area contributed by atoms with Crippen molar-refractivity contribution in [2.75, 3.05) is 0 Å². The van der Waals surface area contributed by atoms with Gasteiger partial charge in [-0.2, -0.15) is 5.01 Å². The molecule has 128 valence electrons. The molecule has 5 heteroatoms. The molecule has 2 aliphatic heterocycles. The van der Waals surface area contributed by atoms with Crippen molar-refractivity contribution in [1.82, 2.24) is 10.4 Å². The van der Waals surface area contributed by atoms with E-state index in [1.165, 1.54) is 25.0 Å². The Labute approximate surface area is 154 Å². The predicted molar refractivity (Wildman–Crippen MR) is 98.1 cm³/mol. The Bertz CT molecular complexity index is 858. The van der Waals surface area contributed by atoms with Crippen LogP contribution in [0.5, 0.6) is 5.75 Å². The van der Waals surface area contributed by atoms with Crippen molar-refractivity contribution in [3.8, 4) is 5.75 Å². The normalized spacial score (nSPS) is 23.6. The van der Waals surface area contributed by atoms with Crippen LogP contribution < -0.4 is 10.2 Å². The highest BCUT2D eigenvalue weighted by Crippen LogP contribution is 2.50. The van der Waals surface area contributed by atoms with Crippen LogP contribution in [0.4, 0.5) is 4.39 Å². The first-order valence-electron chi connectivity index (χ1n) is 8.67. The van der Waals surface area contributed by atoms with Crippen LogP contribution in [0.25, 0.3) is 5.70 Å². The molecule has 1 N–H and O–H groups in total. The maximum absolute atomic E-state index is 13.3. The van der Waals surface area contributed by atoms with Gasteiger partial charge in [0, 0.05) is 22.9 Å². The van der Waals surface area contributed by atoms with Crippen molar-refractivity contribution < 1.29 is 9.13 Å². The maximum Gasteiger partial charge on any atom is 0.180 e. The van der Waals surface area contributed by atoms with Crippen LogP contribution >= 0.6 is 15.9 Å². The molecular formula is C20H18BrFN2O. The number of nitrogens with zero attached hydrogens (tertiary/aromatic N) is 1. The number of hydrogen-bond acceptors (Lipinski definition) is 3. The number of hydrogen-bond donors (Lipinski definition) is 1. The molecule has 0 unspecified atom stereocenters. The zero-order valence-corrected chi connectivity index (χ0v) is 15.2. The lowest BCUT2D eigenvalue weighted by molar-refractivity contribution is -0.125. The third-order valence-corrected chi connectivity index (χ3v) is 5.91. The first-order chi connectivity index (χ1) is 12.1. The summed E-state index contributed by atoms with van der Waals surface area (Å²) in [5.74, 6) is 0.745. The second-order valence-corrected chi connectivity index (χ2v) is 7.87. The van der Waals surface area contributed by atoms with E-state index in [4.69, 9.17) is 4.74 Å². The Hall–Kier alpha value is -1.85. The molecule has 0 aromatic heterocycles. The summed E-state index contributed by atoms with van der Waals surface area (Å²) in [6, 6.07) is 13.0. The highest BCUT2D eigenvalue weighted by atomic mass is 79.9. The van der Waals surface area contributed by atoms with Crippen LogP contribution in [0.2, 0.25) is 0 Å². The molecule has 3 nitrogen and oxygen atoms in total. The van der Waals surface area contributed by atoms with Crippen LogP contribution in [0.3, 0.4) is 0 Å². The SMILES string of the molecule is Fc1ccc(C2=C[C@@H]3c4cc(Br)ccc4OC4(CCCC4)N3N2)cc1. The summed E-state index contributed by atoms with van der Waals surface area (Å²) in [6.45, 7) is 0. The summed E-state index contributed by atoms with van der Waals surface area (Å²) in [7, 11) is 0. The fraction of sp³-hybridized carbons (Fsp3) is 0.300. The van der Waals surface area contributed by atoms with Gasteiger partial charge in [-0.25, -0.2) is 4.39 Å². The van der Waals surface area contributed by atoms with Crippen LogP contribution in [0.1, 0.15) is 42.9 Å². The standard InChI is InChI=1S/C20H18BrFN2O/c21-14-5-8-19-16(11-14)18-12-17(13-3-6-15(22)7-4-13)23-24(18)20(25-19)9-1-2-10-20/h3-8,11-12,18,23H,1-2,9-10H2/t18-/m1/s1. The van der Waals surface area contributed by atoms with Gasteiger partial charge in [-0.05, 0) is 66.9 Å². The van der Waals surface area contributed by atoms with E-state index in [-0.39, 0.29) is 17.6 Å². The summed E-state index contributed by atoms with van der Waals surface area (Å²) in [5, 5.41) is 2.26. The van der Waals surface area contributed by atoms with E-state index in [0.717, 1.165) is 39.9 Å². The first-order valence-corrected chi connectivity index (χ1v) is 9.46. The third-order valence-electron chi connectivity index (χ3n) is 5.41. The van der Waals surface area contributed by atoms with Crippen molar-refractivity contribution >= 4 is 21.6 Å². The van der Waals surface area contributed by atoms with E-state index in [1.807, 2.05) is 18.2 Å². The summed E-state index contributed by atoms with van der Waals surface area (Å²) in [4.78, 5) is 0. The fourth-order valence-corrected chi connectivity index (χ4v) is 4.59. The Kier molecular flexibility index (Phi) is 3.44. The molecule has 1 aliphatic carbocycles. The monoisotopic (exact) mass is 400 g/mol. The Morgan fingerprint density at radius 1 is 1.12 bits per heavy atom. The van der Waals surface area contributed by atoms with Crippen LogP contribution in [0.15, 0.2) is 53.0 Å². The van der Waals surface area contributed by atoms with Gasteiger partial charge < -0.3 is 10.2 Å². The van der Waals surface area contributed by atoms with Crippen molar-refractivity contribution in [3.05, 3.63) is 70.0 Å². The van der Waals surface area contributed by atoms with Gasteiger partial charge in [0.1, 0.15) is 11.6 Å². The molecule has 2 aromatic rings. The topological polar surface area (TPSA) is 24.5 Å². The summed E-state index contributed by atoms with van der Waals surface area (Å²) >= 11 is 3.57.